The second-order valence-electron chi connectivity index (χ2n) is 4.89. The largest absolute Gasteiger partial charge is 0.328 e. The van der Waals surface area contributed by atoms with Gasteiger partial charge in [-0.3, -0.25) is 20.0 Å². The van der Waals surface area contributed by atoms with Crippen molar-refractivity contribution < 1.29 is 4.79 Å². The first-order valence-corrected chi connectivity index (χ1v) is 7.14. The van der Waals surface area contributed by atoms with Gasteiger partial charge in [-0.2, -0.15) is 0 Å². The fourth-order valence-electron chi connectivity index (χ4n) is 2.15. The number of hydrogen-bond donors (Lipinski definition) is 2. The fraction of sp³-hybridized carbons (Fsp3) is 0. The van der Waals surface area contributed by atoms with Crippen molar-refractivity contribution in [3.63, 3.8) is 0 Å². The lowest BCUT2D eigenvalue weighted by atomic mass is 10.2. The van der Waals surface area contributed by atoms with Crippen LogP contribution in [0.5, 0.6) is 0 Å². The third-order valence-electron chi connectivity index (χ3n) is 3.29. The molecule has 1 aromatic heterocycles. The van der Waals surface area contributed by atoms with Gasteiger partial charge in [0.1, 0.15) is 0 Å². The number of rotatable bonds is 4. The van der Waals surface area contributed by atoms with Gasteiger partial charge < -0.3 is 4.98 Å². The Morgan fingerprint density at radius 3 is 1.87 bits per heavy atom. The summed E-state index contributed by atoms with van der Waals surface area (Å²) >= 11 is 0. The minimum absolute atomic E-state index is 0.246. The molecule has 5 heteroatoms. The van der Waals surface area contributed by atoms with Crippen LogP contribution in [0.25, 0.3) is 0 Å². The van der Waals surface area contributed by atoms with Crippen LogP contribution in [0, 0.1) is 0 Å². The van der Waals surface area contributed by atoms with E-state index in [0.29, 0.717) is 5.56 Å². The van der Waals surface area contributed by atoms with Crippen LogP contribution in [0.1, 0.15) is 10.4 Å². The number of H-pyrrole nitrogens is 1. The number of nitrogens with one attached hydrogen (secondary N) is 2. The number of carbonyl (C=O) groups excluding carboxylic acids is 1. The van der Waals surface area contributed by atoms with E-state index in [1.807, 2.05) is 60.7 Å². The van der Waals surface area contributed by atoms with Gasteiger partial charge in [-0.25, -0.2) is 0 Å². The van der Waals surface area contributed by atoms with Gasteiger partial charge in [-0.15, -0.1) is 0 Å². The first kappa shape index (κ1) is 14.6. The minimum atomic E-state index is -0.311. The normalized spacial score (nSPS) is 10.1. The van der Waals surface area contributed by atoms with Crippen molar-refractivity contribution in [2.75, 3.05) is 5.01 Å². The highest BCUT2D eigenvalue weighted by molar-refractivity contribution is 5.95. The third-order valence-corrected chi connectivity index (χ3v) is 3.29. The molecule has 0 aliphatic carbocycles. The molecule has 0 unspecified atom stereocenters. The van der Waals surface area contributed by atoms with Gasteiger partial charge in [0.25, 0.3) is 5.91 Å². The highest BCUT2D eigenvalue weighted by Crippen LogP contribution is 2.22. The van der Waals surface area contributed by atoms with E-state index in [2.05, 4.69) is 10.4 Å². The van der Waals surface area contributed by atoms with Crippen LogP contribution in [0.15, 0.2) is 83.8 Å². The van der Waals surface area contributed by atoms with Crippen LogP contribution in [0.4, 0.5) is 11.4 Å². The van der Waals surface area contributed by atoms with Crippen LogP contribution < -0.4 is 16.0 Å². The maximum atomic E-state index is 12.4. The molecule has 2 N–H and O–H groups in total. The summed E-state index contributed by atoms with van der Waals surface area (Å²) in [6.45, 7) is 0. The molecule has 0 bridgehead atoms. The van der Waals surface area contributed by atoms with Crippen LogP contribution in [0.3, 0.4) is 0 Å². The van der Waals surface area contributed by atoms with Crippen molar-refractivity contribution in [1.82, 2.24) is 10.4 Å². The Labute approximate surface area is 133 Å². The fourth-order valence-corrected chi connectivity index (χ4v) is 2.15. The summed E-state index contributed by atoms with van der Waals surface area (Å²) in [4.78, 5) is 26.0. The lowest BCUT2D eigenvalue weighted by Gasteiger charge is -2.25. The minimum Gasteiger partial charge on any atom is -0.328 e. The van der Waals surface area contributed by atoms with E-state index in [1.54, 1.807) is 5.01 Å². The maximum Gasteiger partial charge on any atom is 0.271 e. The summed E-state index contributed by atoms with van der Waals surface area (Å²) in [6, 6.07) is 21.9. The molecule has 114 valence electrons. The summed E-state index contributed by atoms with van der Waals surface area (Å²) in [6.07, 6.45) is 1.39. The summed E-state index contributed by atoms with van der Waals surface area (Å²) in [7, 11) is 0. The van der Waals surface area contributed by atoms with E-state index in [1.165, 1.54) is 18.3 Å². The van der Waals surface area contributed by atoms with Crippen molar-refractivity contribution in [3.8, 4) is 0 Å². The van der Waals surface area contributed by atoms with E-state index in [-0.39, 0.29) is 11.5 Å². The van der Waals surface area contributed by atoms with Gasteiger partial charge in [0, 0.05) is 12.3 Å². The van der Waals surface area contributed by atoms with Crippen LogP contribution in [-0.2, 0) is 0 Å². The Bertz CT molecular complexity index is 785. The Kier molecular flexibility index (Phi) is 4.20. The number of hydrazine groups is 1. The molecule has 0 saturated carbocycles. The molecule has 3 rings (SSSR count). The molecule has 0 saturated heterocycles. The quantitative estimate of drug-likeness (QED) is 0.728. The molecule has 1 heterocycles. The van der Waals surface area contributed by atoms with E-state index in [0.717, 1.165) is 11.4 Å². The van der Waals surface area contributed by atoms with Crippen molar-refractivity contribution in [2.45, 2.75) is 0 Å². The lowest BCUT2D eigenvalue weighted by Crippen LogP contribution is -2.39. The first-order chi connectivity index (χ1) is 11.2. The number of hydrogen-bond acceptors (Lipinski definition) is 3. The molecule has 0 fully saturated rings. The summed E-state index contributed by atoms with van der Waals surface area (Å²) in [5.74, 6) is -0.311. The number of aromatic amines is 1. The van der Waals surface area contributed by atoms with Crippen molar-refractivity contribution >= 4 is 17.3 Å². The second kappa shape index (κ2) is 6.62. The molecule has 0 atom stereocenters. The number of amides is 1. The van der Waals surface area contributed by atoms with Crippen molar-refractivity contribution in [2.24, 2.45) is 0 Å². The van der Waals surface area contributed by atoms with Crippen LogP contribution in [-0.4, -0.2) is 10.9 Å². The molecule has 5 nitrogen and oxygen atoms in total. The Morgan fingerprint density at radius 1 is 0.826 bits per heavy atom. The number of benzene rings is 2. The maximum absolute atomic E-state index is 12.4. The molecule has 0 spiro atoms. The molecule has 0 radical (unpaired) electrons. The van der Waals surface area contributed by atoms with Crippen molar-refractivity contribution in [1.29, 1.82) is 0 Å². The Hall–Kier alpha value is -3.34. The molecule has 2 aromatic carbocycles. The number of carbonyl (C=O) groups is 1. The number of aromatic nitrogens is 1. The average molecular weight is 305 g/mol. The van der Waals surface area contributed by atoms with Crippen molar-refractivity contribution in [3.05, 3.63) is 94.9 Å². The van der Waals surface area contributed by atoms with E-state index in [9.17, 15) is 9.59 Å². The lowest BCUT2D eigenvalue weighted by molar-refractivity contribution is 0.0953. The molecular formula is C18H15N3O2. The molecule has 0 aliphatic rings. The molecule has 0 aliphatic heterocycles. The highest BCUT2D eigenvalue weighted by Gasteiger charge is 2.13. The molecule has 1 amide bonds. The third kappa shape index (κ3) is 3.47. The zero-order valence-electron chi connectivity index (χ0n) is 12.3. The highest BCUT2D eigenvalue weighted by atomic mass is 16.2. The van der Waals surface area contributed by atoms with Gasteiger partial charge >= 0.3 is 0 Å². The van der Waals surface area contributed by atoms with E-state index >= 15 is 0 Å². The summed E-state index contributed by atoms with van der Waals surface area (Å²) < 4.78 is 0. The predicted octanol–water partition coefficient (Wildman–Crippen LogP) is 2.86. The van der Waals surface area contributed by atoms with E-state index in [4.69, 9.17) is 0 Å². The topological polar surface area (TPSA) is 65.2 Å². The summed E-state index contributed by atoms with van der Waals surface area (Å²) in [5.41, 5.74) is 4.65. The van der Waals surface area contributed by atoms with Crippen LogP contribution in [0.2, 0.25) is 0 Å². The van der Waals surface area contributed by atoms with E-state index < -0.39 is 0 Å². The molecular weight excluding hydrogens is 290 g/mol. The number of nitrogens with zero attached hydrogens (tertiary/aromatic N) is 1. The number of para-hydroxylation sites is 2. The van der Waals surface area contributed by atoms with Gasteiger partial charge in [-0.1, -0.05) is 36.4 Å². The zero-order chi connectivity index (χ0) is 16.1. The number of pyridine rings is 1. The average Bonchev–Trinajstić information content (AvgIpc) is 2.61. The van der Waals surface area contributed by atoms with Gasteiger partial charge in [0.2, 0.25) is 5.56 Å². The monoisotopic (exact) mass is 305 g/mol. The zero-order valence-corrected chi connectivity index (χ0v) is 12.3. The second-order valence-corrected chi connectivity index (χ2v) is 4.89. The Morgan fingerprint density at radius 2 is 1.39 bits per heavy atom. The van der Waals surface area contributed by atoms with Gasteiger partial charge in [0.15, 0.2) is 0 Å². The molecule has 23 heavy (non-hydrogen) atoms. The number of anilines is 2. The van der Waals surface area contributed by atoms with Gasteiger partial charge in [-0.05, 0) is 30.3 Å². The smallest absolute Gasteiger partial charge is 0.271 e. The van der Waals surface area contributed by atoms with Crippen LogP contribution >= 0.6 is 0 Å². The standard InChI is InChI=1S/C18H15N3O2/c22-17-12-11-14(13-19-17)18(23)20-21(15-7-3-1-4-8-15)16-9-5-2-6-10-16/h1-13H,(H,19,22)(H,20,23). The molecule has 3 aromatic rings. The Balaban J connectivity index is 1.92. The van der Waals surface area contributed by atoms with Gasteiger partial charge in [0.05, 0.1) is 16.9 Å². The first-order valence-electron chi connectivity index (χ1n) is 7.14. The predicted molar refractivity (Wildman–Crippen MR) is 89.6 cm³/mol. The SMILES string of the molecule is O=C(NN(c1ccccc1)c1ccccc1)c1ccc(=O)[nH]c1. The summed E-state index contributed by atoms with van der Waals surface area (Å²) in [5, 5.41) is 1.70.